The highest BCUT2D eigenvalue weighted by Gasteiger charge is 2.67. The van der Waals surface area contributed by atoms with E-state index in [1.54, 1.807) is 7.11 Å². The average molecular weight is 196 g/mol. The second-order valence-corrected chi connectivity index (χ2v) is 5.66. The lowest BCUT2D eigenvalue weighted by molar-refractivity contribution is -0.237. The zero-order chi connectivity index (χ0) is 9.81. The number of hydroxylamine groups is 2. The molecule has 0 aromatic rings. The largest absolute Gasteiger partial charge is 0.302 e. The van der Waals surface area contributed by atoms with Gasteiger partial charge in [-0.2, -0.15) is 5.06 Å². The summed E-state index contributed by atoms with van der Waals surface area (Å²) < 4.78 is 0. The molecule has 0 aromatic heterocycles. The molecule has 1 saturated heterocycles. The van der Waals surface area contributed by atoms with E-state index in [2.05, 4.69) is 16.9 Å². The smallest absolute Gasteiger partial charge is 0.0575 e. The molecule has 3 aliphatic carbocycles. The van der Waals surface area contributed by atoms with Gasteiger partial charge in [0.2, 0.25) is 0 Å². The molecule has 4 rings (SSSR count). The third-order valence-electron chi connectivity index (χ3n) is 4.44. The van der Waals surface area contributed by atoms with Crippen molar-refractivity contribution in [1.82, 2.24) is 9.96 Å². The SMILES string of the molecule is CON1CCN(C23CC(C)(C2)C3)CC1. The van der Waals surface area contributed by atoms with Gasteiger partial charge in [0.15, 0.2) is 0 Å². The third-order valence-corrected chi connectivity index (χ3v) is 4.44. The van der Waals surface area contributed by atoms with Crippen LogP contribution in [0.15, 0.2) is 0 Å². The van der Waals surface area contributed by atoms with Gasteiger partial charge in [-0.3, -0.25) is 4.90 Å². The molecule has 0 atom stereocenters. The van der Waals surface area contributed by atoms with E-state index < -0.39 is 0 Å². The van der Waals surface area contributed by atoms with E-state index in [-0.39, 0.29) is 0 Å². The lowest BCUT2D eigenvalue weighted by Crippen LogP contribution is -2.75. The maximum absolute atomic E-state index is 5.24. The van der Waals surface area contributed by atoms with Gasteiger partial charge in [0.25, 0.3) is 0 Å². The van der Waals surface area contributed by atoms with Crippen molar-refractivity contribution in [2.45, 2.75) is 31.7 Å². The fourth-order valence-electron chi connectivity index (χ4n) is 3.91. The van der Waals surface area contributed by atoms with Gasteiger partial charge in [-0.15, -0.1) is 0 Å². The number of hydrogen-bond acceptors (Lipinski definition) is 3. The van der Waals surface area contributed by atoms with Crippen LogP contribution in [0, 0.1) is 5.41 Å². The van der Waals surface area contributed by atoms with E-state index in [4.69, 9.17) is 4.84 Å². The second-order valence-electron chi connectivity index (χ2n) is 5.66. The molecule has 80 valence electrons. The van der Waals surface area contributed by atoms with Crippen LogP contribution in [0.2, 0.25) is 0 Å². The van der Waals surface area contributed by atoms with Crippen LogP contribution in [-0.4, -0.2) is 48.8 Å². The lowest BCUT2D eigenvalue weighted by atomic mass is 9.39. The first-order chi connectivity index (χ1) is 6.66. The summed E-state index contributed by atoms with van der Waals surface area (Å²) in [6.07, 6.45) is 4.35. The molecule has 0 N–H and O–H groups in total. The van der Waals surface area contributed by atoms with Gasteiger partial charge in [0, 0.05) is 31.7 Å². The minimum atomic E-state index is 0.634. The Balaban J connectivity index is 1.57. The van der Waals surface area contributed by atoms with Crippen LogP contribution in [0.1, 0.15) is 26.2 Å². The first kappa shape index (κ1) is 9.13. The van der Waals surface area contributed by atoms with E-state index in [0.29, 0.717) is 5.54 Å². The summed E-state index contributed by atoms with van der Waals surface area (Å²) in [4.78, 5) is 7.95. The summed E-state index contributed by atoms with van der Waals surface area (Å²) >= 11 is 0. The van der Waals surface area contributed by atoms with Crippen LogP contribution >= 0.6 is 0 Å². The van der Waals surface area contributed by atoms with Gasteiger partial charge >= 0.3 is 0 Å². The molecule has 3 saturated carbocycles. The van der Waals surface area contributed by atoms with Crippen molar-refractivity contribution in [3.8, 4) is 0 Å². The molecule has 3 heteroatoms. The highest BCUT2D eigenvalue weighted by Crippen LogP contribution is 2.69. The maximum atomic E-state index is 5.24. The van der Waals surface area contributed by atoms with Crippen molar-refractivity contribution >= 4 is 0 Å². The Bertz CT molecular complexity index is 226. The molecule has 0 unspecified atom stereocenters. The van der Waals surface area contributed by atoms with Crippen LogP contribution in [0.5, 0.6) is 0 Å². The Labute approximate surface area is 86.0 Å². The Morgan fingerprint density at radius 3 is 2.00 bits per heavy atom. The van der Waals surface area contributed by atoms with Crippen LogP contribution in [0.3, 0.4) is 0 Å². The predicted octanol–water partition coefficient (Wildman–Crippen LogP) is 1.11. The molecule has 14 heavy (non-hydrogen) atoms. The van der Waals surface area contributed by atoms with Gasteiger partial charge < -0.3 is 4.84 Å². The zero-order valence-electron chi connectivity index (χ0n) is 9.25. The lowest BCUT2D eigenvalue weighted by Gasteiger charge is -2.74. The first-order valence-electron chi connectivity index (χ1n) is 5.70. The summed E-state index contributed by atoms with van der Waals surface area (Å²) in [6.45, 7) is 6.98. The standard InChI is InChI=1S/C11H20N2O/c1-10-7-11(8-10,9-10)12-3-5-13(14-2)6-4-12/h3-9H2,1-2H3. The highest BCUT2D eigenvalue weighted by atomic mass is 16.7. The van der Waals surface area contributed by atoms with Crippen molar-refractivity contribution < 1.29 is 4.84 Å². The summed E-state index contributed by atoms with van der Waals surface area (Å²) in [5.41, 5.74) is 1.37. The Morgan fingerprint density at radius 1 is 1.00 bits per heavy atom. The number of piperazine rings is 1. The molecular formula is C11H20N2O. The minimum absolute atomic E-state index is 0.634. The fourth-order valence-corrected chi connectivity index (χ4v) is 3.91. The van der Waals surface area contributed by atoms with Crippen molar-refractivity contribution in [3.05, 3.63) is 0 Å². The molecule has 0 amide bonds. The van der Waals surface area contributed by atoms with E-state index in [0.717, 1.165) is 18.5 Å². The average Bonchev–Trinajstić information content (AvgIpc) is 2.12. The molecule has 2 bridgehead atoms. The van der Waals surface area contributed by atoms with Gasteiger partial charge in [0.05, 0.1) is 7.11 Å². The molecule has 1 heterocycles. The van der Waals surface area contributed by atoms with E-state index in [9.17, 15) is 0 Å². The number of nitrogens with zero attached hydrogens (tertiary/aromatic N) is 2. The van der Waals surface area contributed by atoms with Crippen molar-refractivity contribution in [2.75, 3.05) is 33.3 Å². The molecule has 4 aliphatic rings. The van der Waals surface area contributed by atoms with Gasteiger partial charge in [-0.05, 0) is 24.7 Å². The number of hydrogen-bond donors (Lipinski definition) is 0. The summed E-state index contributed by atoms with van der Waals surface area (Å²) in [6, 6.07) is 0. The zero-order valence-corrected chi connectivity index (χ0v) is 9.25. The molecule has 0 aromatic carbocycles. The molecule has 0 radical (unpaired) electrons. The van der Waals surface area contributed by atoms with Crippen LogP contribution in [0.25, 0.3) is 0 Å². The maximum Gasteiger partial charge on any atom is 0.0575 e. The second kappa shape index (κ2) is 2.71. The topological polar surface area (TPSA) is 15.7 Å². The van der Waals surface area contributed by atoms with Gasteiger partial charge in [-0.25, -0.2) is 0 Å². The van der Waals surface area contributed by atoms with Crippen LogP contribution in [0.4, 0.5) is 0 Å². The summed E-state index contributed by atoms with van der Waals surface area (Å²) in [5, 5.41) is 2.07. The van der Waals surface area contributed by atoms with E-state index >= 15 is 0 Å². The first-order valence-corrected chi connectivity index (χ1v) is 5.70. The predicted molar refractivity (Wildman–Crippen MR) is 54.8 cm³/mol. The molecule has 3 nitrogen and oxygen atoms in total. The normalized spacial score (nSPS) is 48.4. The van der Waals surface area contributed by atoms with Gasteiger partial charge in [0.1, 0.15) is 0 Å². The van der Waals surface area contributed by atoms with Crippen LogP contribution in [-0.2, 0) is 4.84 Å². The summed E-state index contributed by atoms with van der Waals surface area (Å²) in [7, 11) is 1.78. The van der Waals surface area contributed by atoms with Crippen LogP contribution < -0.4 is 0 Å². The monoisotopic (exact) mass is 196 g/mol. The molecule has 0 spiro atoms. The van der Waals surface area contributed by atoms with Gasteiger partial charge in [-0.1, -0.05) is 6.92 Å². The molecular weight excluding hydrogens is 176 g/mol. The fraction of sp³-hybridized carbons (Fsp3) is 1.00. The molecule has 1 aliphatic heterocycles. The Morgan fingerprint density at radius 2 is 1.57 bits per heavy atom. The summed E-state index contributed by atoms with van der Waals surface area (Å²) in [5.74, 6) is 0. The molecule has 4 fully saturated rings. The quantitative estimate of drug-likeness (QED) is 0.658. The highest BCUT2D eigenvalue weighted by molar-refractivity contribution is 5.22. The van der Waals surface area contributed by atoms with Crippen molar-refractivity contribution in [3.63, 3.8) is 0 Å². The third kappa shape index (κ3) is 1.09. The Hall–Kier alpha value is -0.120. The van der Waals surface area contributed by atoms with Crippen molar-refractivity contribution in [1.29, 1.82) is 0 Å². The Kier molecular flexibility index (Phi) is 1.77. The number of rotatable bonds is 2. The van der Waals surface area contributed by atoms with Crippen molar-refractivity contribution in [2.24, 2.45) is 5.41 Å². The minimum Gasteiger partial charge on any atom is -0.302 e. The van der Waals surface area contributed by atoms with E-state index in [1.807, 2.05) is 0 Å². The van der Waals surface area contributed by atoms with E-state index in [1.165, 1.54) is 32.4 Å².